The Morgan fingerprint density at radius 2 is 1.71 bits per heavy atom. The van der Waals surface area contributed by atoms with Crippen LogP contribution in [0, 0.1) is 0 Å². The van der Waals surface area contributed by atoms with Crippen LogP contribution >= 0.6 is 31.9 Å². The van der Waals surface area contributed by atoms with E-state index in [2.05, 4.69) is 31.9 Å². The number of aromatic hydroxyl groups is 1. The second-order valence-corrected chi connectivity index (χ2v) is 5.18. The van der Waals surface area contributed by atoms with Gasteiger partial charge >= 0.3 is 0 Å². The van der Waals surface area contributed by atoms with E-state index in [0.29, 0.717) is 11.1 Å². The highest BCUT2D eigenvalue weighted by Gasteiger charge is 2.13. The molecule has 0 heterocycles. The lowest BCUT2D eigenvalue weighted by molar-refractivity contribution is 0.103. The van der Waals surface area contributed by atoms with Gasteiger partial charge in [0, 0.05) is 14.5 Å². The molecule has 0 radical (unpaired) electrons. The van der Waals surface area contributed by atoms with E-state index in [9.17, 15) is 9.90 Å². The van der Waals surface area contributed by atoms with Crippen molar-refractivity contribution < 1.29 is 9.90 Å². The number of hydrogen-bond donors (Lipinski definition) is 1. The summed E-state index contributed by atoms with van der Waals surface area (Å²) >= 11 is 6.69. The largest absolute Gasteiger partial charge is 0.507 e. The molecule has 0 fully saturated rings. The smallest absolute Gasteiger partial charge is 0.196 e. The van der Waals surface area contributed by atoms with Gasteiger partial charge in [-0.3, -0.25) is 4.79 Å². The van der Waals surface area contributed by atoms with E-state index in [1.807, 2.05) is 0 Å². The Kier molecular flexibility index (Phi) is 3.64. The van der Waals surface area contributed by atoms with Crippen molar-refractivity contribution in [2.24, 2.45) is 0 Å². The van der Waals surface area contributed by atoms with Crippen LogP contribution in [0.4, 0.5) is 0 Å². The number of carbonyl (C=O) groups is 1. The molecule has 4 heteroatoms. The van der Waals surface area contributed by atoms with Gasteiger partial charge < -0.3 is 5.11 Å². The van der Waals surface area contributed by atoms with E-state index in [-0.39, 0.29) is 11.5 Å². The first-order chi connectivity index (χ1) is 8.09. The molecule has 17 heavy (non-hydrogen) atoms. The summed E-state index contributed by atoms with van der Waals surface area (Å²) in [6.45, 7) is 0. The highest BCUT2D eigenvalue weighted by atomic mass is 79.9. The second kappa shape index (κ2) is 5.02. The van der Waals surface area contributed by atoms with Crippen molar-refractivity contribution >= 4 is 37.6 Å². The Labute approximate surface area is 116 Å². The Balaban J connectivity index is 2.44. The second-order valence-electron chi connectivity index (χ2n) is 3.48. The molecule has 0 aliphatic rings. The maximum atomic E-state index is 12.1. The molecule has 0 aromatic heterocycles. The normalized spacial score (nSPS) is 10.2. The van der Waals surface area contributed by atoms with E-state index in [1.54, 1.807) is 36.4 Å². The molecule has 0 spiro atoms. The van der Waals surface area contributed by atoms with Gasteiger partial charge in [-0.2, -0.15) is 0 Å². The molecule has 0 aliphatic carbocycles. The van der Waals surface area contributed by atoms with Crippen LogP contribution < -0.4 is 0 Å². The fourth-order valence-electron chi connectivity index (χ4n) is 1.46. The van der Waals surface area contributed by atoms with Crippen molar-refractivity contribution in [1.82, 2.24) is 0 Å². The van der Waals surface area contributed by atoms with Gasteiger partial charge in [-0.1, -0.05) is 12.1 Å². The molecule has 2 aromatic rings. The molecular formula is C13H8Br2O2. The number of carbonyl (C=O) groups excluding carboxylic acids is 1. The van der Waals surface area contributed by atoms with Crippen LogP contribution in [-0.2, 0) is 0 Å². The first-order valence-electron chi connectivity index (χ1n) is 4.87. The minimum Gasteiger partial charge on any atom is -0.507 e. The van der Waals surface area contributed by atoms with Gasteiger partial charge in [0.15, 0.2) is 5.78 Å². The van der Waals surface area contributed by atoms with Gasteiger partial charge in [-0.05, 0) is 62.2 Å². The Hall–Kier alpha value is -1.13. The molecule has 1 N–H and O–H groups in total. The third-order valence-electron chi connectivity index (χ3n) is 2.33. The number of benzene rings is 2. The van der Waals surface area contributed by atoms with Gasteiger partial charge in [0.05, 0.1) is 5.56 Å². The number of para-hydroxylation sites is 1. The molecule has 0 atom stereocenters. The zero-order valence-corrected chi connectivity index (χ0v) is 11.8. The van der Waals surface area contributed by atoms with E-state index < -0.39 is 0 Å². The highest BCUT2D eigenvalue weighted by Crippen LogP contribution is 2.26. The van der Waals surface area contributed by atoms with Crippen molar-refractivity contribution in [1.29, 1.82) is 0 Å². The van der Waals surface area contributed by atoms with Crippen LogP contribution in [-0.4, -0.2) is 10.9 Å². The average Bonchev–Trinajstić information content (AvgIpc) is 2.32. The summed E-state index contributed by atoms with van der Waals surface area (Å²) in [7, 11) is 0. The number of phenols is 1. The highest BCUT2D eigenvalue weighted by molar-refractivity contribution is 9.13. The molecule has 0 amide bonds. The summed E-state index contributed by atoms with van der Waals surface area (Å²) in [6.07, 6.45) is 0. The van der Waals surface area contributed by atoms with E-state index in [4.69, 9.17) is 0 Å². The minimum atomic E-state index is -0.198. The topological polar surface area (TPSA) is 37.3 Å². The van der Waals surface area contributed by atoms with Gasteiger partial charge in [-0.15, -0.1) is 0 Å². The maximum Gasteiger partial charge on any atom is 0.196 e. The molecule has 0 bridgehead atoms. The van der Waals surface area contributed by atoms with Crippen LogP contribution in [0.5, 0.6) is 5.75 Å². The fourth-order valence-corrected chi connectivity index (χ4v) is 2.08. The van der Waals surface area contributed by atoms with Crippen molar-refractivity contribution in [2.45, 2.75) is 0 Å². The fraction of sp³-hybridized carbons (Fsp3) is 0. The lowest BCUT2D eigenvalue weighted by Crippen LogP contribution is -2.01. The zero-order valence-electron chi connectivity index (χ0n) is 8.65. The van der Waals surface area contributed by atoms with Crippen molar-refractivity contribution in [2.75, 3.05) is 0 Å². The molecule has 0 unspecified atom stereocenters. The summed E-state index contributed by atoms with van der Waals surface area (Å²) in [5.41, 5.74) is 0.836. The molecular weight excluding hydrogens is 348 g/mol. The number of hydrogen-bond acceptors (Lipinski definition) is 2. The maximum absolute atomic E-state index is 12.1. The molecule has 2 rings (SSSR count). The molecule has 2 nitrogen and oxygen atoms in total. The molecule has 0 saturated heterocycles. The Bertz CT molecular complexity index is 579. The SMILES string of the molecule is O=C(c1ccc(Br)c(Br)c1)c1ccccc1O. The number of phenolic OH excluding ortho intramolecular Hbond substituents is 1. The van der Waals surface area contributed by atoms with E-state index >= 15 is 0 Å². The third-order valence-corrected chi connectivity index (χ3v) is 4.21. The van der Waals surface area contributed by atoms with Crippen LogP contribution in [0.3, 0.4) is 0 Å². The summed E-state index contributed by atoms with van der Waals surface area (Å²) in [6, 6.07) is 11.7. The van der Waals surface area contributed by atoms with E-state index in [0.717, 1.165) is 8.95 Å². The van der Waals surface area contributed by atoms with Crippen LogP contribution in [0.15, 0.2) is 51.4 Å². The predicted octanol–water partition coefficient (Wildman–Crippen LogP) is 4.15. The van der Waals surface area contributed by atoms with Gasteiger partial charge in [0.2, 0.25) is 0 Å². The van der Waals surface area contributed by atoms with Crippen LogP contribution in [0.1, 0.15) is 15.9 Å². The molecule has 0 saturated carbocycles. The van der Waals surface area contributed by atoms with Crippen molar-refractivity contribution in [3.63, 3.8) is 0 Å². The van der Waals surface area contributed by atoms with E-state index in [1.165, 1.54) is 6.07 Å². The average molecular weight is 356 g/mol. The third kappa shape index (κ3) is 2.58. The quantitative estimate of drug-likeness (QED) is 0.821. The standard InChI is InChI=1S/C13H8Br2O2/c14-10-6-5-8(7-11(10)15)13(17)9-3-1-2-4-12(9)16/h1-7,16H. The lowest BCUT2D eigenvalue weighted by atomic mass is 10.0. The molecule has 0 aliphatic heterocycles. The van der Waals surface area contributed by atoms with Crippen LogP contribution in [0.2, 0.25) is 0 Å². The number of ketones is 1. The van der Waals surface area contributed by atoms with Crippen LogP contribution in [0.25, 0.3) is 0 Å². The lowest BCUT2D eigenvalue weighted by Gasteiger charge is -2.04. The molecule has 2 aromatic carbocycles. The monoisotopic (exact) mass is 354 g/mol. The first kappa shape index (κ1) is 12.3. The first-order valence-corrected chi connectivity index (χ1v) is 6.46. The summed E-state index contributed by atoms with van der Waals surface area (Å²) in [4.78, 5) is 12.1. The summed E-state index contributed by atoms with van der Waals surface area (Å²) in [5.74, 6) is -0.201. The zero-order chi connectivity index (χ0) is 12.4. The number of rotatable bonds is 2. The molecule has 86 valence electrons. The summed E-state index contributed by atoms with van der Waals surface area (Å²) in [5, 5.41) is 9.62. The van der Waals surface area contributed by atoms with Crippen molar-refractivity contribution in [3.8, 4) is 5.75 Å². The Morgan fingerprint density at radius 3 is 2.35 bits per heavy atom. The van der Waals surface area contributed by atoms with Crippen molar-refractivity contribution in [3.05, 3.63) is 62.5 Å². The van der Waals surface area contributed by atoms with Gasteiger partial charge in [0.25, 0.3) is 0 Å². The van der Waals surface area contributed by atoms with Gasteiger partial charge in [0.1, 0.15) is 5.75 Å². The van der Waals surface area contributed by atoms with Gasteiger partial charge in [-0.25, -0.2) is 0 Å². The summed E-state index contributed by atoms with van der Waals surface area (Å²) < 4.78 is 1.69. The Morgan fingerprint density at radius 1 is 1.00 bits per heavy atom. The predicted molar refractivity (Wildman–Crippen MR) is 73.4 cm³/mol. The number of halogens is 2. The minimum absolute atomic E-state index is 0.00320.